The minimum absolute atomic E-state index is 0.00471. The molecule has 0 saturated heterocycles. The summed E-state index contributed by atoms with van der Waals surface area (Å²) in [5.74, 6) is -1.05. The first-order valence-corrected chi connectivity index (χ1v) is 16.2. The van der Waals surface area contributed by atoms with Crippen LogP contribution in [0.4, 0.5) is 15.8 Å². The van der Waals surface area contributed by atoms with Gasteiger partial charge >= 0.3 is 0 Å². The topological polar surface area (TPSA) is 167 Å². The van der Waals surface area contributed by atoms with Gasteiger partial charge in [0.2, 0.25) is 11.7 Å². The van der Waals surface area contributed by atoms with E-state index in [0.29, 0.717) is 46.0 Å². The van der Waals surface area contributed by atoms with Gasteiger partial charge in [-0.2, -0.15) is 0 Å². The van der Waals surface area contributed by atoms with Crippen molar-refractivity contribution in [3.63, 3.8) is 0 Å². The lowest BCUT2D eigenvalue weighted by atomic mass is 9.85. The van der Waals surface area contributed by atoms with Gasteiger partial charge in [-0.1, -0.05) is 25.5 Å². The Balaban J connectivity index is 1.20. The van der Waals surface area contributed by atoms with E-state index in [-0.39, 0.29) is 24.8 Å². The number of aromatic nitrogens is 3. The number of nitrogens with zero attached hydrogens (tertiary/aromatic N) is 2. The Morgan fingerprint density at radius 1 is 1.00 bits per heavy atom. The van der Waals surface area contributed by atoms with E-state index < -0.39 is 17.5 Å². The fraction of sp³-hybridized carbons (Fsp3) is 0.216. The number of nitrogens with one attached hydrogen (secondary N) is 5. The van der Waals surface area contributed by atoms with Crippen molar-refractivity contribution in [2.45, 2.75) is 45.6 Å². The Bertz CT molecular complexity index is 2090. The molecular formula is C37H35FN8O3. The minimum atomic E-state index is -0.705. The van der Waals surface area contributed by atoms with Crippen molar-refractivity contribution in [2.75, 3.05) is 10.7 Å². The van der Waals surface area contributed by atoms with Crippen LogP contribution in [0, 0.1) is 11.7 Å². The molecule has 0 unspecified atom stereocenters. The molecule has 12 heteroatoms. The van der Waals surface area contributed by atoms with Crippen molar-refractivity contribution in [3.05, 3.63) is 119 Å². The number of rotatable bonds is 9. The Hall–Kier alpha value is -6.04. The number of anilines is 2. The maximum Gasteiger partial charge on any atom is 0.287 e. The van der Waals surface area contributed by atoms with Gasteiger partial charge in [0.1, 0.15) is 11.6 Å². The van der Waals surface area contributed by atoms with E-state index in [2.05, 4.69) is 31.5 Å². The first kappa shape index (κ1) is 31.6. The number of H-pyrrole nitrogens is 1. The molecule has 7 rings (SSSR count). The van der Waals surface area contributed by atoms with Gasteiger partial charge in [-0.05, 0) is 72.0 Å². The molecule has 49 heavy (non-hydrogen) atoms. The summed E-state index contributed by atoms with van der Waals surface area (Å²) in [6, 6.07) is 12.4. The molecular weight excluding hydrogens is 623 g/mol. The van der Waals surface area contributed by atoms with Crippen LogP contribution in [-0.4, -0.2) is 32.5 Å². The van der Waals surface area contributed by atoms with Crippen LogP contribution in [0.3, 0.4) is 0 Å². The molecule has 4 aromatic rings. The van der Waals surface area contributed by atoms with Crippen molar-refractivity contribution in [1.29, 1.82) is 0 Å². The summed E-state index contributed by atoms with van der Waals surface area (Å²) in [5, 5.41) is 5.57. The van der Waals surface area contributed by atoms with E-state index in [1.807, 2.05) is 36.5 Å². The maximum absolute atomic E-state index is 14.9. The monoisotopic (exact) mass is 658 g/mol. The zero-order chi connectivity index (χ0) is 34.1. The fourth-order valence-corrected chi connectivity index (χ4v) is 6.10. The van der Waals surface area contributed by atoms with Gasteiger partial charge in [0.25, 0.3) is 5.91 Å². The average Bonchev–Trinajstić information content (AvgIpc) is 3.40. The van der Waals surface area contributed by atoms with Crippen molar-refractivity contribution >= 4 is 40.1 Å². The second kappa shape index (κ2) is 13.2. The normalized spacial score (nSPS) is 15.1. The van der Waals surface area contributed by atoms with Gasteiger partial charge in [-0.25, -0.2) is 9.37 Å². The predicted octanol–water partition coefficient (Wildman–Crippen LogP) is 5.09. The van der Waals surface area contributed by atoms with Crippen LogP contribution >= 0.6 is 0 Å². The maximum atomic E-state index is 14.9. The number of allylic oxidation sites excluding steroid dienone is 3. The summed E-state index contributed by atoms with van der Waals surface area (Å²) in [6.45, 7) is 1.60. The number of pyridine rings is 1. The van der Waals surface area contributed by atoms with Crippen LogP contribution in [0.5, 0.6) is 0 Å². The molecule has 0 atom stereocenters. The quantitative estimate of drug-likeness (QED) is 0.135. The number of imidazole rings is 1. The van der Waals surface area contributed by atoms with Crippen LogP contribution in [0.1, 0.15) is 66.5 Å². The summed E-state index contributed by atoms with van der Waals surface area (Å²) in [4.78, 5) is 49.2. The van der Waals surface area contributed by atoms with E-state index in [1.165, 1.54) is 12.1 Å². The van der Waals surface area contributed by atoms with Crippen molar-refractivity contribution in [2.24, 2.45) is 11.7 Å². The summed E-state index contributed by atoms with van der Waals surface area (Å²) in [6.07, 6.45) is 12.2. The highest BCUT2D eigenvalue weighted by atomic mass is 19.1. The number of amides is 2. The van der Waals surface area contributed by atoms with Crippen LogP contribution < -0.4 is 27.2 Å². The Morgan fingerprint density at radius 2 is 1.86 bits per heavy atom. The molecule has 0 radical (unpaired) electrons. The molecule has 3 aliphatic rings. The molecule has 3 heterocycles. The number of nitrogens with two attached hydrogens (primary N) is 1. The van der Waals surface area contributed by atoms with Crippen molar-refractivity contribution < 1.29 is 18.8 Å². The average molecular weight is 659 g/mol. The standard InChI is InChI=1S/C37H35FN8O3/c1-2-33(47)37(49)41-16-20-10-23(12-25(38)11-20)28-8-7-26(39)15-32-34(28)45-35(44-32)30-19-42-46-31-9-6-22(14-29(30)31)24-13-27(18-40-17-24)43-36(48)21-4-3-5-21/h6-14,17-19,21,42,46H,2-5,15-16,39H2,1H3,(H,41,49)(H,43,48)(H,44,45). The van der Waals surface area contributed by atoms with Crippen LogP contribution in [0.2, 0.25) is 0 Å². The highest BCUT2D eigenvalue weighted by Gasteiger charge is 2.26. The van der Waals surface area contributed by atoms with Crippen molar-refractivity contribution in [1.82, 2.24) is 25.7 Å². The van der Waals surface area contributed by atoms with E-state index in [0.717, 1.165) is 52.9 Å². The van der Waals surface area contributed by atoms with E-state index in [4.69, 9.17) is 10.7 Å². The van der Waals surface area contributed by atoms with Crippen molar-refractivity contribution in [3.8, 4) is 11.1 Å². The smallest absolute Gasteiger partial charge is 0.287 e. The number of hydrazine groups is 1. The van der Waals surface area contributed by atoms with E-state index >= 15 is 0 Å². The number of carbonyl (C=O) groups is 3. The lowest BCUT2D eigenvalue weighted by molar-refractivity contribution is -0.137. The molecule has 248 valence electrons. The largest absolute Gasteiger partial charge is 0.402 e. The minimum Gasteiger partial charge on any atom is -0.402 e. The third-order valence-electron chi connectivity index (χ3n) is 8.98. The molecule has 1 saturated carbocycles. The zero-order valence-corrected chi connectivity index (χ0v) is 26.8. The van der Waals surface area contributed by atoms with Gasteiger partial charge in [-0.3, -0.25) is 19.4 Å². The summed E-state index contributed by atoms with van der Waals surface area (Å²) in [7, 11) is 0. The third-order valence-corrected chi connectivity index (χ3v) is 8.98. The van der Waals surface area contributed by atoms with E-state index in [9.17, 15) is 18.8 Å². The number of halogens is 1. The molecule has 2 aliphatic carbocycles. The number of carbonyl (C=O) groups excluding carboxylic acids is 3. The first-order chi connectivity index (χ1) is 23.7. The zero-order valence-electron chi connectivity index (χ0n) is 26.8. The second-order valence-electron chi connectivity index (χ2n) is 12.4. The molecule has 0 spiro atoms. The van der Waals surface area contributed by atoms with Crippen LogP contribution in [0.15, 0.2) is 78.9 Å². The van der Waals surface area contributed by atoms with Gasteiger partial charge in [0.05, 0.1) is 23.3 Å². The number of ketones is 1. The molecule has 2 aromatic carbocycles. The van der Waals surface area contributed by atoms with Gasteiger partial charge < -0.3 is 32.2 Å². The third kappa shape index (κ3) is 6.57. The summed E-state index contributed by atoms with van der Waals surface area (Å²) < 4.78 is 14.9. The van der Waals surface area contributed by atoms with Gasteiger partial charge in [0.15, 0.2) is 0 Å². The molecule has 2 aromatic heterocycles. The fourth-order valence-electron chi connectivity index (χ4n) is 6.10. The predicted molar refractivity (Wildman–Crippen MR) is 185 cm³/mol. The first-order valence-electron chi connectivity index (χ1n) is 16.2. The SMILES string of the molecule is CCC(=O)C(=O)NCc1cc(F)cc(C2=CC=C(N)Cc3[nH]c(C4=CNNc5ccc(-c6cncc(NC(=O)C7CCC7)c6)cc54)nc32)c1. The number of hydrogen-bond acceptors (Lipinski definition) is 8. The number of Topliss-reactive ketones (excluding diaryl/α,β-unsaturated/α-hetero) is 1. The second-order valence-corrected chi connectivity index (χ2v) is 12.4. The van der Waals surface area contributed by atoms with Gasteiger partial charge in [-0.15, -0.1) is 0 Å². The lowest BCUT2D eigenvalue weighted by Crippen LogP contribution is -2.30. The lowest BCUT2D eigenvalue weighted by Gasteiger charge is -2.24. The molecule has 7 N–H and O–H groups in total. The number of fused-ring (bicyclic) bond motifs is 2. The Morgan fingerprint density at radius 3 is 2.65 bits per heavy atom. The molecule has 0 bridgehead atoms. The molecule has 1 aliphatic heterocycles. The summed E-state index contributed by atoms with van der Waals surface area (Å²) >= 11 is 0. The van der Waals surface area contributed by atoms with E-state index in [1.54, 1.807) is 31.5 Å². The van der Waals surface area contributed by atoms with Crippen LogP contribution in [-0.2, 0) is 27.3 Å². The number of hydrogen-bond donors (Lipinski definition) is 6. The number of aromatic amines is 1. The summed E-state index contributed by atoms with van der Waals surface area (Å²) in [5.41, 5.74) is 21.2. The van der Waals surface area contributed by atoms with Crippen LogP contribution in [0.25, 0.3) is 22.3 Å². The highest BCUT2D eigenvalue weighted by Crippen LogP contribution is 2.37. The molecule has 1 fully saturated rings. The molecule has 2 amide bonds. The molecule has 11 nitrogen and oxygen atoms in total. The Labute approximate surface area is 282 Å². The van der Waals surface area contributed by atoms with Gasteiger partial charge in [0, 0.05) is 71.4 Å². The number of benzene rings is 2. The highest BCUT2D eigenvalue weighted by molar-refractivity contribution is 6.36. The Kier molecular flexibility index (Phi) is 8.52.